The summed E-state index contributed by atoms with van der Waals surface area (Å²) >= 11 is 0. The number of aliphatic hydroxyl groups excluding tert-OH is 2. The molecule has 0 aromatic heterocycles. The Balaban J connectivity index is 4.48. The van der Waals surface area contributed by atoms with Gasteiger partial charge in [-0.05, 0) is 109 Å². The Morgan fingerprint density at radius 1 is 0.317 bits per heavy atom. The number of unbranched alkanes of at least 4 members (excludes halogenated alkanes) is 30. The molecule has 2 atom stereocenters. The van der Waals surface area contributed by atoms with Crippen LogP contribution in [0.1, 0.15) is 284 Å². The van der Waals surface area contributed by atoms with Crippen molar-refractivity contribution in [2.45, 2.75) is 302 Å². The van der Waals surface area contributed by atoms with E-state index in [-0.39, 0.29) is 0 Å². The maximum atomic E-state index is 11.9. The Labute approximate surface area is 376 Å². The van der Waals surface area contributed by atoms with Crippen LogP contribution in [0, 0.1) is 0 Å². The highest BCUT2D eigenvalue weighted by Crippen LogP contribution is 2.30. The molecule has 0 rings (SSSR count). The first-order valence-corrected chi connectivity index (χ1v) is 26.8. The maximum absolute atomic E-state index is 11.9. The van der Waals surface area contributed by atoms with Crippen LogP contribution < -0.4 is 0 Å². The lowest BCUT2D eigenvalue weighted by Crippen LogP contribution is -2.49. The van der Waals surface area contributed by atoms with E-state index in [2.05, 4.69) is 81.5 Å². The first kappa shape index (κ1) is 58.6. The normalized spacial score (nSPS) is 13.8. The van der Waals surface area contributed by atoms with Crippen molar-refractivity contribution in [1.82, 2.24) is 0 Å². The Hall–Kier alpha value is -1.42. The zero-order valence-corrected chi connectivity index (χ0v) is 40.8. The largest absolute Gasteiger partial charge is 0.390 e. The summed E-state index contributed by atoms with van der Waals surface area (Å²) in [6.07, 6.45) is 69.4. The average molecular weight is 839 g/mol. The molecular weight excluding hydrogens is 733 g/mol. The Morgan fingerprint density at radius 2 is 0.567 bits per heavy atom. The molecule has 0 heterocycles. The van der Waals surface area contributed by atoms with E-state index in [1.165, 1.54) is 193 Å². The third-order valence-electron chi connectivity index (χ3n) is 12.5. The lowest BCUT2D eigenvalue weighted by molar-refractivity contribution is -0.136. The first-order valence-electron chi connectivity index (χ1n) is 26.8. The van der Waals surface area contributed by atoms with Gasteiger partial charge in [0.15, 0.2) is 0 Å². The second-order valence-corrected chi connectivity index (χ2v) is 18.5. The van der Waals surface area contributed by atoms with E-state index in [0.717, 1.165) is 51.4 Å². The summed E-state index contributed by atoms with van der Waals surface area (Å²) in [5.41, 5.74) is -1.19. The molecule has 3 N–H and O–H groups in total. The van der Waals surface area contributed by atoms with Crippen molar-refractivity contribution in [2.24, 2.45) is 0 Å². The van der Waals surface area contributed by atoms with Gasteiger partial charge in [-0.25, -0.2) is 0 Å². The van der Waals surface area contributed by atoms with E-state index in [4.69, 9.17) is 0 Å². The monoisotopic (exact) mass is 839 g/mol. The standard InChI is InChI=1S/C57H106O3/c1-4-7-10-13-16-19-22-25-28-31-34-37-40-43-46-49-52-55(58)56(59)57(60,53-50-47-44-41-38-35-32-29-26-23-20-17-14-11-8-5-2)54-51-48-45-42-39-36-33-30-27-24-21-18-15-12-9-6-3/h17-18,20-21,25-30,55-56,58-60H,4-16,19,22-24,31-54H2,1-3H3/b20-17-,21-18-,28-25-,29-26-,30-27-. The molecule has 0 saturated heterocycles. The lowest BCUT2D eigenvalue weighted by atomic mass is 9.81. The third-order valence-corrected chi connectivity index (χ3v) is 12.5. The van der Waals surface area contributed by atoms with Crippen LogP contribution in [0.15, 0.2) is 60.8 Å². The van der Waals surface area contributed by atoms with Gasteiger partial charge < -0.3 is 15.3 Å². The summed E-state index contributed by atoms with van der Waals surface area (Å²) in [6, 6.07) is 0. The third kappa shape index (κ3) is 41.9. The molecule has 0 amide bonds. The van der Waals surface area contributed by atoms with E-state index in [1.807, 2.05) is 0 Å². The number of aliphatic hydroxyl groups is 3. The molecule has 0 spiro atoms. The number of rotatable bonds is 48. The first-order chi connectivity index (χ1) is 29.5. The van der Waals surface area contributed by atoms with Crippen LogP contribution in [0.4, 0.5) is 0 Å². The van der Waals surface area contributed by atoms with Crippen LogP contribution in [0.2, 0.25) is 0 Å². The van der Waals surface area contributed by atoms with Gasteiger partial charge in [0.2, 0.25) is 0 Å². The van der Waals surface area contributed by atoms with Crippen LogP contribution in [0.5, 0.6) is 0 Å². The zero-order valence-electron chi connectivity index (χ0n) is 40.8. The highest BCUT2D eigenvalue weighted by atomic mass is 16.4. The summed E-state index contributed by atoms with van der Waals surface area (Å²) < 4.78 is 0. The number of hydrogen-bond acceptors (Lipinski definition) is 3. The minimum Gasteiger partial charge on any atom is -0.390 e. The van der Waals surface area contributed by atoms with Crippen molar-refractivity contribution in [2.75, 3.05) is 0 Å². The van der Waals surface area contributed by atoms with E-state index in [0.29, 0.717) is 19.3 Å². The lowest BCUT2D eigenvalue weighted by Gasteiger charge is -2.36. The topological polar surface area (TPSA) is 60.7 Å². The average Bonchev–Trinajstić information content (AvgIpc) is 3.25. The van der Waals surface area contributed by atoms with Gasteiger partial charge in [-0.3, -0.25) is 0 Å². The van der Waals surface area contributed by atoms with Crippen molar-refractivity contribution in [1.29, 1.82) is 0 Å². The second-order valence-electron chi connectivity index (χ2n) is 18.5. The molecule has 0 aromatic rings. The summed E-state index contributed by atoms with van der Waals surface area (Å²) in [6.45, 7) is 6.79. The van der Waals surface area contributed by atoms with Gasteiger partial charge in [-0.15, -0.1) is 0 Å². The van der Waals surface area contributed by atoms with Crippen LogP contribution in [-0.4, -0.2) is 33.1 Å². The molecule has 0 radical (unpaired) electrons. The minimum atomic E-state index is -1.19. The Bertz CT molecular complexity index is 928. The fraction of sp³-hybridized carbons (Fsp3) is 0.825. The van der Waals surface area contributed by atoms with Gasteiger partial charge >= 0.3 is 0 Å². The van der Waals surface area contributed by atoms with Crippen molar-refractivity contribution >= 4 is 0 Å². The Morgan fingerprint density at radius 3 is 0.917 bits per heavy atom. The van der Waals surface area contributed by atoms with E-state index in [1.54, 1.807) is 0 Å². The van der Waals surface area contributed by atoms with Gasteiger partial charge in [-0.1, -0.05) is 236 Å². The minimum absolute atomic E-state index is 0.581. The predicted octanol–water partition coefficient (Wildman–Crippen LogP) is 18.3. The van der Waals surface area contributed by atoms with Gasteiger partial charge in [0.25, 0.3) is 0 Å². The summed E-state index contributed by atoms with van der Waals surface area (Å²) in [4.78, 5) is 0. The SMILES string of the molecule is CCCCC/C=C\C/C=C\CCCCCCCCC(O)(CCCCCCCC/C=C\C/C=C\CCCCC)C(O)C(O)CCCCCCCC/C=C\CCCCCCCC. The van der Waals surface area contributed by atoms with Gasteiger partial charge in [0, 0.05) is 0 Å². The molecule has 60 heavy (non-hydrogen) atoms. The molecule has 0 aromatic carbocycles. The number of hydrogen-bond donors (Lipinski definition) is 3. The van der Waals surface area contributed by atoms with Crippen molar-refractivity contribution in [3.63, 3.8) is 0 Å². The van der Waals surface area contributed by atoms with Crippen LogP contribution in [0.25, 0.3) is 0 Å². The highest BCUT2D eigenvalue weighted by molar-refractivity contribution is 4.94. The molecule has 2 unspecified atom stereocenters. The molecule has 3 nitrogen and oxygen atoms in total. The predicted molar refractivity (Wildman–Crippen MR) is 269 cm³/mol. The van der Waals surface area contributed by atoms with Gasteiger partial charge in [-0.2, -0.15) is 0 Å². The fourth-order valence-corrected chi connectivity index (χ4v) is 8.38. The second kappa shape index (κ2) is 48.6. The molecule has 3 heteroatoms. The van der Waals surface area contributed by atoms with Crippen molar-refractivity contribution in [3.05, 3.63) is 60.8 Å². The molecule has 0 aliphatic rings. The molecule has 0 aliphatic heterocycles. The fourth-order valence-electron chi connectivity index (χ4n) is 8.38. The van der Waals surface area contributed by atoms with E-state index < -0.39 is 17.8 Å². The molecule has 0 saturated carbocycles. The summed E-state index contributed by atoms with van der Waals surface area (Å²) in [7, 11) is 0. The van der Waals surface area contributed by atoms with Gasteiger partial charge in [0.1, 0.15) is 6.10 Å². The van der Waals surface area contributed by atoms with Crippen LogP contribution >= 0.6 is 0 Å². The van der Waals surface area contributed by atoms with Crippen LogP contribution in [-0.2, 0) is 0 Å². The van der Waals surface area contributed by atoms with Gasteiger partial charge in [0.05, 0.1) is 11.7 Å². The molecule has 0 aliphatic carbocycles. The van der Waals surface area contributed by atoms with Crippen molar-refractivity contribution in [3.8, 4) is 0 Å². The maximum Gasteiger partial charge on any atom is 0.108 e. The summed E-state index contributed by atoms with van der Waals surface area (Å²) in [5, 5.41) is 34.4. The van der Waals surface area contributed by atoms with E-state index >= 15 is 0 Å². The smallest absolute Gasteiger partial charge is 0.108 e. The molecule has 352 valence electrons. The zero-order chi connectivity index (χ0) is 43.7. The highest BCUT2D eigenvalue weighted by Gasteiger charge is 2.38. The molecule has 0 fully saturated rings. The van der Waals surface area contributed by atoms with Crippen LogP contribution in [0.3, 0.4) is 0 Å². The quantitative estimate of drug-likeness (QED) is 0.0423. The number of allylic oxidation sites excluding steroid dienone is 10. The molecule has 0 bridgehead atoms. The van der Waals surface area contributed by atoms with E-state index in [9.17, 15) is 15.3 Å². The summed E-state index contributed by atoms with van der Waals surface area (Å²) in [5.74, 6) is 0. The van der Waals surface area contributed by atoms with Crippen molar-refractivity contribution < 1.29 is 15.3 Å². The molecular formula is C57H106O3. The Kier molecular flexibility index (Phi) is 47.5.